The van der Waals surface area contributed by atoms with E-state index in [2.05, 4.69) is 0 Å². The molecule has 0 N–H and O–H groups in total. The molecule has 2 aliphatic heterocycles. The Kier molecular flexibility index (Phi) is 6.07. The molecule has 3 aromatic rings. The van der Waals surface area contributed by atoms with E-state index in [1.807, 2.05) is 54.3 Å². The van der Waals surface area contributed by atoms with E-state index in [0.29, 0.717) is 42.4 Å². The summed E-state index contributed by atoms with van der Waals surface area (Å²) in [5.74, 6) is 1.85. The number of amides is 2. The highest BCUT2D eigenvalue weighted by molar-refractivity contribution is 6.07. The van der Waals surface area contributed by atoms with E-state index in [0.717, 1.165) is 16.9 Å². The van der Waals surface area contributed by atoms with E-state index < -0.39 is 0 Å². The molecule has 2 heterocycles. The average Bonchev–Trinajstić information content (AvgIpc) is 2.88. The third kappa shape index (κ3) is 4.18. The van der Waals surface area contributed by atoms with Crippen LogP contribution in [0.25, 0.3) is 0 Å². The van der Waals surface area contributed by atoms with Gasteiger partial charge < -0.3 is 24.0 Å². The Balaban J connectivity index is 1.53. The highest BCUT2D eigenvalue weighted by Gasteiger charge is 2.38. The lowest BCUT2D eigenvalue weighted by Crippen LogP contribution is -2.47. The third-order valence-corrected chi connectivity index (χ3v) is 6.57. The predicted octanol–water partition coefficient (Wildman–Crippen LogP) is 5.00. The Hall–Kier alpha value is -4.00. The zero-order chi connectivity index (χ0) is 24.5. The van der Waals surface area contributed by atoms with Gasteiger partial charge in [0.15, 0.2) is 11.5 Å². The molecule has 0 bridgehead atoms. The summed E-state index contributed by atoms with van der Waals surface area (Å²) in [5.41, 5.74) is 3.06. The summed E-state index contributed by atoms with van der Waals surface area (Å²) in [5, 5.41) is 0. The summed E-state index contributed by atoms with van der Waals surface area (Å²) in [6.45, 7) is 4.57. The molecule has 0 radical (unpaired) electrons. The quantitative estimate of drug-likeness (QED) is 0.535. The summed E-state index contributed by atoms with van der Waals surface area (Å²) < 4.78 is 16.6. The normalized spacial score (nSPS) is 18.4. The number of hydrogen-bond acceptors (Lipinski definition) is 5. The van der Waals surface area contributed by atoms with Gasteiger partial charge in [0.25, 0.3) is 5.91 Å². The van der Waals surface area contributed by atoms with Gasteiger partial charge in [0.05, 0.1) is 13.2 Å². The van der Waals surface area contributed by atoms with Crippen LogP contribution in [0.5, 0.6) is 17.2 Å². The lowest BCUT2D eigenvalue weighted by atomic mass is 9.89. The Labute approximate surface area is 204 Å². The van der Waals surface area contributed by atoms with E-state index in [1.165, 1.54) is 0 Å². The van der Waals surface area contributed by atoms with Gasteiger partial charge in [-0.2, -0.15) is 0 Å². The minimum absolute atomic E-state index is 0.0800. The van der Waals surface area contributed by atoms with Crippen molar-refractivity contribution < 1.29 is 23.8 Å². The Morgan fingerprint density at radius 2 is 1.69 bits per heavy atom. The number of nitrogens with zero attached hydrogens (tertiary/aromatic N) is 2. The second kappa shape index (κ2) is 9.33. The molecule has 2 amide bonds. The predicted molar refractivity (Wildman–Crippen MR) is 134 cm³/mol. The van der Waals surface area contributed by atoms with Crippen LogP contribution in [0.2, 0.25) is 0 Å². The van der Waals surface area contributed by atoms with Crippen LogP contribution in [0.1, 0.15) is 42.2 Å². The van der Waals surface area contributed by atoms with Crippen LogP contribution in [0.3, 0.4) is 0 Å². The molecule has 3 aromatic carbocycles. The Morgan fingerprint density at radius 3 is 2.40 bits per heavy atom. The van der Waals surface area contributed by atoms with Crippen molar-refractivity contribution in [1.82, 2.24) is 0 Å². The summed E-state index contributed by atoms with van der Waals surface area (Å²) in [4.78, 5) is 30.2. The number of methoxy groups -OCH3 is 1. The number of ether oxygens (including phenoxy) is 3. The van der Waals surface area contributed by atoms with Crippen molar-refractivity contribution in [3.8, 4) is 17.2 Å². The molecule has 0 spiro atoms. The van der Waals surface area contributed by atoms with Gasteiger partial charge in [-0.25, -0.2) is 0 Å². The van der Waals surface area contributed by atoms with Crippen LogP contribution in [-0.2, 0) is 4.79 Å². The number of hydrogen-bond donors (Lipinski definition) is 0. The minimum atomic E-state index is -0.235. The van der Waals surface area contributed by atoms with Crippen molar-refractivity contribution in [3.05, 3.63) is 77.9 Å². The van der Waals surface area contributed by atoms with Gasteiger partial charge in [0, 0.05) is 36.0 Å². The summed E-state index contributed by atoms with van der Waals surface area (Å²) >= 11 is 0. The average molecular weight is 473 g/mol. The molecule has 2 atom stereocenters. The maximum Gasteiger partial charge on any atom is 0.258 e. The lowest BCUT2D eigenvalue weighted by molar-refractivity contribution is -0.117. The first-order valence-corrected chi connectivity index (χ1v) is 11.7. The fourth-order valence-electron chi connectivity index (χ4n) is 4.97. The van der Waals surface area contributed by atoms with Gasteiger partial charge in [-0.1, -0.05) is 18.2 Å². The van der Waals surface area contributed by atoms with Crippen LogP contribution in [-0.4, -0.2) is 38.2 Å². The molecule has 180 valence electrons. The zero-order valence-corrected chi connectivity index (χ0v) is 20.1. The molecular weight excluding hydrogens is 444 g/mol. The van der Waals surface area contributed by atoms with Crippen molar-refractivity contribution in [2.75, 3.05) is 30.1 Å². The second-order valence-electron chi connectivity index (χ2n) is 8.78. The molecule has 0 saturated heterocycles. The lowest BCUT2D eigenvalue weighted by Gasteiger charge is -2.43. The Morgan fingerprint density at radius 1 is 0.971 bits per heavy atom. The van der Waals surface area contributed by atoms with Crippen LogP contribution in [0.15, 0.2) is 66.7 Å². The number of carbonyl (C=O) groups excluding carboxylic acids is 2. The van der Waals surface area contributed by atoms with Crippen LogP contribution in [0.4, 0.5) is 11.4 Å². The van der Waals surface area contributed by atoms with Crippen LogP contribution < -0.4 is 24.0 Å². The first-order valence-electron chi connectivity index (χ1n) is 11.7. The fourth-order valence-corrected chi connectivity index (χ4v) is 4.97. The van der Waals surface area contributed by atoms with Crippen molar-refractivity contribution in [1.29, 1.82) is 0 Å². The summed E-state index contributed by atoms with van der Waals surface area (Å²) in [6.07, 6.45) is 0.590. The highest BCUT2D eigenvalue weighted by atomic mass is 16.6. The van der Waals surface area contributed by atoms with Gasteiger partial charge in [-0.15, -0.1) is 0 Å². The van der Waals surface area contributed by atoms with Gasteiger partial charge in [-0.05, 0) is 61.4 Å². The first-order chi connectivity index (χ1) is 17.0. The smallest absolute Gasteiger partial charge is 0.258 e. The van der Waals surface area contributed by atoms with E-state index in [-0.39, 0.29) is 23.9 Å². The van der Waals surface area contributed by atoms with Crippen LogP contribution >= 0.6 is 0 Å². The molecule has 35 heavy (non-hydrogen) atoms. The van der Waals surface area contributed by atoms with Crippen LogP contribution in [0, 0.1) is 0 Å². The number of rotatable bonds is 4. The van der Waals surface area contributed by atoms with Crippen molar-refractivity contribution >= 4 is 23.2 Å². The largest absolute Gasteiger partial charge is 0.497 e. The van der Waals surface area contributed by atoms with Crippen molar-refractivity contribution in [2.45, 2.75) is 32.4 Å². The molecule has 0 fully saturated rings. The topological polar surface area (TPSA) is 68.3 Å². The number of fused-ring (bicyclic) bond motifs is 2. The SMILES string of the molecule is COc1ccc(C(=O)N2c3ccccc3C(N(C(C)=O)c3ccc4c(c3)OCCO4)CC2C)cc1. The van der Waals surface area contributed by atoms with Gasteiger partial charge in [0.1, 0.15) is 19.0 Å². The Bertz CT molecular complexity index is 1260. The summed E-state index contributed by atoms with van der Waals surface area (Å²) in [6, 6.07) is 20.2. The molecule has 7 nitrogen and oxygen atoms in total. The highest BCUT2D eigenvalue weighted by Crippen LogP contribution is 2.44. The molecule has 0 aromatic heterocycles. The molecule has 0 aliphatic carbocycles. The standard InChI is InChI=1S/C28H28N2O5/c1-18-16-25(30(19(2)31)21-10-13-26-27(17-21)35-15-14-34-26)23-6-4-5-7-24(23)29(18)28(32)20-8-11-22(33-3)12-9-20/h4-13,17-18,25H,14-16H2,1-3H3. The number of benzene rings is 3. The minimum Gasteiger partial charge on any atom is -0.497 e. The fraction of sp³-hybridized carbons (Fsp3) is 0.286. The molecular formula is C28H28N2O5. The zero-order valence-electron chi connectivity index (χ0n) is 20.1. The molecule has 5 rings (SSSR count). The molecule has 2 unspecified atom stereocenters. The van der Waals surface area contributed by atoms with E-state index in [9.17, 15) is 9.59 Å². The van der Waals surface area contributed by atoms with E-state index >= 15 is 0 Å². The van der Waals surface area contributed by atoms with E-state index in [4.69, 9.17) is 14.2 Å². The number of para-hydroxylation sites is 1. The first kappa shape index (κ1) is 22.8. The monoisotopic (exact) mass is 472 g/mol. The van der Waals surface area contributed by atoms with Crippen molar-refractivity contribution in [2.24, 2.45) is 0 Å². The number of carbonyl (C=O) groups is 2. The molecule has 7 heteroatoms. The van der Waals surface area contributed by atoms with Gasteiger partial charge in [-0.3, -0.25) is 9.59 Å². The summed E-state index contributed by atoms with van der Waals surface area (Å²) in [7, 11) is 1.60. The number of anilines is 2. The molecule has 2 aliphatic rings. The van der Waals surface area contributed by atoms with E-state index in [1.54, 1.807) is 43.2 Å². The van der Waals surface area contributed by atoms with Gasteiger partial charge >= 0.3 is 0 Å². The third-order valence-electron chi connectivity index (χ3n) is 6.57. The van der Waals surface area contributed by atoms with Crippen molar-refractivity contribution in [3.63, 3.8) is 0 Å². The van der Waals surface area contributed by atoms with Gasteiger partial charge in [0.2, 0.25) is 5.91 Å². The maximum absolute atomic E-state index is 13.6. The maximum atomic E-state index is 13.6. The molecule has 0 saturated carbocycles. The second-order valence-corrected chi connectivity index (χ2v) is 8.78.